The molecule has 1 aromatic heterocycles. The number of pyridine rings is 1. The van der Waals surface area contributed by atoms with E-state index < -0.39 is 0 Å². The molecule has 3 heteroatoms. The molecule has 2 N–H and O–H groups in total. The summed E-state index contributed by atoms with van der Waals surface area (Å²) in [7, 11) is 2.08. The number of hydrogen-bond acceptors (Lipinski definition) is 2. The molecule has 0 amide bonds. The van der Waals surface area contributed by atoms with Gasteiger partial charge in [-0.2, -0.15) is 4.57 Å². The highest BCUT2D eigenvalue weighted by molar-refractivity contribution is 6.00. The SMILES string of the molecule is CCc1ccc(C(C)=Nc2ccc3cc4ccc(N)cc4[n+](C)c3c2)cc1. The first-order chi connectivity index (χ1) is 13.0. The number of nitrogens with zero attached hydrogens (tertiary/aromatic N) is 2. The van der Waals surface area contributed by atoms with E-state index in [2.05, 4.69) is 80.1 Å². The van der Waals surface area contributed by atoms with Crippen LogP contribution in [0.1, 0.15) is 25.0 Å². The molecule has 0 saturated carbocycles. The quantitative estimate of drug-likeness (QED) is 0.236. The first kappa shape index (κ1) is 17.2. The van der Waals surface area contributed by atoms with Gasteiger partial charge in [-0.25, -0.2) is 0 Å². The number of anilines is 1. The summed E-state index contributed by atoms with van der Waals surface area (Å²) in [4.78, 5) is 4.85. The first-order valence-corrected chi connectivity index (χ1v) is 9.32. The van der Waals surface area contributed by atoms with Crippen molar-refractivity contribution in [3.8, 4) is 0 Å². The summed E-state index contributed by atoms with van der Waals surface area (Å²) in [5, 5.41) is 2.38. The fraction of sp³-hybridized carbons (Fsp3) is 0.167. The minimum atomic E-state index is 0.776. The van der Waals surface area contributed by atoms with Gasteiger partial charge in [0.2, 0.25) is 11.0 Å². The molecule has 0 aliphatic heterocycles. The zero-order valence-electron chi connectivity index (χ0n) is 16.0. The van der Waals surface area contributed by atoms with Crippen molar-refractivity contribution in [2.75, 3.05) is 5.73 Å². The summed E-state index contributed by atoms with van der Waals surface area (Å²) < 4.78 is 2.19. The Morgan fingerprint density at radius 3 is 2.26 bits per heavy atom. The third kappa shape index (κ3) is 3.28. The molecule has 134 valence electrons. The van der Waals surface area contributed by atoms with E-state index in [1.165, 1.54) is 16.3 Å². The zero-order valence-corrected chi connectivity index (χ0v) is 16.0. The van der Waals surface area contributed by atoms with Crippen LogP contribution < -0.4 is 10.3 Å². The number of hydrogen-bond donors (Lipinski definition) is 1. The van der Waals surface area contributed by atoms with E-state index in [-0.39, 0.29) is 0 Å². The number of aryl methyl sites for hydroxylation is 2. The van der Waals surface area contributed by atoms with Crippen molar-refractivity contribution in [1.29, 1.82) is 0 Å². The second kappa shape index (κ2) is 6.84. The predicted molar refractivity (Wildman–Crippen MR) is 115 cm³/mol. The Labute approximate surface area is 159 Å². The largest absolute Gasteiger partial charge is 0.399 e. The minimum absolute atomic E-state index is 0.776. The third-order valence-electron chi connectivity index (χ3n) is 5.18. The van der Waals surface area contributed by atoms with E-state index in [0.29, 0.717) is 0 Å². The maximum absolute atomic E-state index is 5.98. The van der Waals surface area contributed by atoms with Crippen molar-refractivity contribution in [2.24, 2.45) is 12.0 Å². The van der Waals surface area contributed by atoms with Crippen LogP contribution in [0.3, 0.4) is 0 Å². The van der Waals surface area contributed by atoms with Crippen LogP contribution >= 0.6 is 0 Å². The topological polar surface area (TPSA) is 42.3 Å². The van der Waals surface area contributed by atoms with Crippen molar-refractivity contribution >= 4 is 38.9 Å². The molecule has 1 heterocycles. The van der Waals surface area contributed by atoms with Crippen LogP contribution in [0.25, 0.3) is 21.8 Å². The summed E-state index contributed by atoms with van der Waals surface area (Å²) in [6, 6.07) is 23.2. The molecule has 27 heavy (non-hydrogen) atoms. The van der Waals surface area contributed by atoms with Gasteiger partial charge in [-0.05, 0) is 54.8 Å². The average Bonchev–Trinajstić information content (AvgIpc) is 2.69. The highest BCUT2D eigenvalue weighted by Gasteiger charge is 2.12. The molecule has 0 saturated heterocycles. The molecule has 0 fully saturated rings. The average molecular weight is 354 g/mol. The second-order valence-corrected chi connectivity index (χ2v) is 7.01. The van der Waals surface area contributed by atoms with Crippen LogP contribution in [0.4, 0.5) is 11.4 Å². The maximum Gasteiger partial charge on any atom is 0.214 e. The van der Waals surface area contributed by atoms with Gasteiger partial charge in [-0.3, -0.25) is 4.99 Å². The fourth-order valence-electron chi connectivity index (χ4n) is 3.52. The Morgan fingerprint density at radius 1 is 0.889 bits per heavy atom. The molecule has 0 aliphatic carbocycles. The molecule has 0 unspecified atom stereocenters. The Balaban J connectivity index is 1.80. The second-order valence-electron chi connectivity index (χ2n) is 7.01. The Morgan fingerprint density at radius 2 is 1.56 bits per heavy atom. The van der Waals surface area contributed by atoms with Gasteiger partial charge in [0.25, 0.3) is 0 Å². The molecule has 4 rings (SSSR count). The van der Waals surface area contributed by atoms with Gasteiger partial charge in [0, 0.05) is 34.3 Å². The smallest absolute Gasteiger partial charge is 0.214 e. The van der Waals surface area contributed by atoms with Gasteiger partial charge in [-0.1, -0.05) is 31.2 Å². The number of aromatic nitrogens is 1. The van der Waals surface area contributed by atoms with Crippen molar-refractivity contribution in [3.63, 3.8) is 0 Å². The molecule has 0 bridgehead atoms. The van der Waals surface area contributed by atoms with Gasteiger partial charge >= 0.3 is 0 Å². The van der Waals surface area contributed by atoms with Crippen LogP contribution in [0, 0.1) is 0 Å². The van der Waals surface area contributed by atoms with Crippen molar-refractivity contribution in [3.05, 3.63) is 77.9 Å². The number of fused-ring (bicyclic) bond motifs is 2. The highest BCUT2D eigenvalue weighted by Crippen LogP contribution is 2.24. The van der Waals surface area contributed by atoms with Crippen molar-refractivity contribution < 1.29 is 4.57 Å². The summed E-state index contributed by atoms with van der Waals surface area (Å²) in [5.41, 5.74) is 13.5. The van der Waals surface area contributed by atoms with E-state index in [1.54, 1.807) is 0 Å². The van der Waals surface area contributed by atoms with E-state index in [9.17, 15) is 0 Å². The molecule has 0 atom stereocenters. The van der Waals surface area contributed by atoms with Gasteiger partial charge in [0.1, 0.15) is 7.05 Å². The van der Waals surface area contributed by atoms with E-state index in [4.69, 9.17) is 10.7 Å². The molecule has 0 radical (unpaired) electrons. The Kier molecular flexibility index (Phi) is 4.36. The normalized spacial score (nSPS) is 12.0. The van der Waals surface area contributed by atoms with E-state index in [1.807, 2.05) is 12.1 Å². The van der Waals surface area contributed by atoms with E-state index >= 15 is 0 Å². The summed E-state index contributed by atoms with van der Waals surface area (Å²) in [5.74, 6) is 0. The number of nitrogen functional groups attached to an aromatic ring is 1. The van der Waals surface area contributed by atoms with Crippen molar-refractivity contribution in [2.45, 2.75) is 20.3 Å². The van der Waals surface area contributed by atoms with Crippen LogP contribution in [-0.4, -0.2) is 5.71 Å². The standard InChI is InChI=1S/C24H23N3/c1-4-17-5-7-18(8-6-17)16(2)26-22-12-10-20-13-19-9-11-21(25)14-23(19)27(3)24(20)15-22/h5-15,25H,4H2,1-3H3/p+1. The molecule has 3 aromatic carbocycles. The van der Waals surface area contributed by atoms with Crippen LogP contribution in [0.15, 0.2) is 71.7 Å². The number of rotatable bonds is 3. The lowest BCUT2D eigenvalue weighted by molar-refractivity contribution is -0.617. The van der Waals surface area contributed by atoms with Gasteiger partial charge in [0.05, 0.1) is 5.69 Å². The predicted octanol–water partition coefficient (Wildman–Crippen LogP) is 5.10. The minimum Gasteiger partial charge on any atom is -0.399 e. The van der Waals surface area contributed by atoms with Crippen LogP contribution in [-0.2, 0) is 13.5 Å². The Bertz CT molecular complexity index is 1170. The number of benzene rings is 3. The number of aliphatic imine (C=N–C) groups is 1. The molecular formula is C24H24N3+. The summed E-state index contributed by atoms with van der Waals surface area (Å²) in [6.07, 6.45) is 1.05. The lowest BCUT2D eigenvalue weighted by atomic mass is 10.1. The van der Waals surface area contributed by atoms with Gasteiger partial charge in [0.15, 0.2) is 0 Å². The van der Waals surface area contributed by atoms with Crippen LogP contribution in [0.5, 0.6) is 0 Å². The number of nitrogens with two attached hydrogens (primary N) is 1. The van der Waals surface area contributed by atoms with Crippen LogP contribution in [0.2, 0.25) is 0 Å². The molecule has 3 nitrogen and oxygen atoms in total. The summed E-state index contributed by atoms with van der Waals surface area (Å²) >= 11 is 0. The monoisotopic (exact) mass is 354 g/mol. The molecule has 4 aromatic rings. The Hall–Kier alpha value is -3.20. The molecular weight excluding hydrogens is 330 g/mol. The van der Waals surface area contributed by atoms with Crippen molar-refractivity contribution in [1.82, 2.24) is 0 Å². The third-order valence-corrected chi connectivity index (χ3v) is 5.18. The lowest BCUT2D eigenvalue weighted by Gasteiger charge is -2.05. The lowest BCUT2D eigenvalue weighted by Crippen LogP contribution is -2.30. The fourth-order valence-corrected chi connectivity index (χ4v) is 3.52. The van der Waals surface area contributed by atoms with E-state index in [0.717, 1.165) is 40.1 Å². The van der Waals surface area contributed by atoms with Gasteiger partial charge < -0.3 is 5.73 Å². The summed E-state index contributed by atoms with van der Waals surface area (Å²) in [6.45, 7) is 4.23. The van der Waals surface area contributed by atoms with Gasteiger partial charge in [-0.15, -0.1) is 0 Å². The molecule has 0 aliphatic rings. The zero-order chi connectivity index (χ0) is 19.0. The molecule has 0 spiro atoms. The maximum atomic E-state index is 5.98. The highest BCUT2D eigenvalue weighted by atomic mass is 14.9. The first-order valence-electron chi connectivity index (χ1n) is 9.32.